The Kier molecular flexibility index (Phi) is 3.89. The summed E-state index contributed by atoms with van der Waals surface area (Å²) in [7, 11) is 0. The van der Waals surface area contributed by atoms with Crippen LogP contribution in [-0.2, 0) is 12.8 Å². The van der Waals surface area contributed by atoms with Gasteiger partial charge in [0.15, 0.2) is 11.6 Å². The summed E-state index contributed by atoms with van der Waals surface area (Å²) in [6.07, 6.45) is -3.71. The summed E-state index contributed by atoms with van der Waals surface area (Å²) in [4.78, 5) is 3.20. The monoisotopic (exact) mass is 287 g/mol. The minimum Gasteiger partial charge on any atom is -0.452 e. The molecule has 3 nitrogen and oxygen atoms in total. The van der Waals surface area contributed by atoms with Gasteiger partial charge < -0.3 is 9.84 Å². The number of nitrogens with zero attached hydrogens (tertiary/aromatic N) is 1. The second kappa shape index (κ2) is 5.46. The molecule has 1 aromatic heterocycles. The molecular formula is C13H9F4NO2. The smallest absolute Gasteiger partial charge is 0.433 e. The molecule has 0 saturated heterocycles. The van der Waals surface area contributed by atoms with E-state index < -0.39 is 24.3 Å². The van der Waals surface area contributed by atoms with E-state index in [0.717, 1.165) is 24.4 Å². The fraction of sp³-hybridized carbons (Fsp3) is 0.154. The number of benzene rings is 1. The molecule has 7 heteroatoms. The molecule has 0 aliphatic rings. The summed E-state index contributed by atoms with van der Waals surface area (Å²) in [5.74, 6) is -1.02. The molecule has 0 saturated carbocycles. The van der Waals surface area contributed by atoms with Gasteiger partial charge in [-0.15, -0.1) is 0 Å². The Labute approximate surface area is 111 Å². The van der Waals surface area contributed by atoms with E-state index in [2.05, 4.69) is 4.98 Å². The second-order valence-corrected chi connectivity index (χ2v) is 3.87. The van der Waals surface area contributed by atoms with Crippen LogP contribution in [0.1, 0.15) is 11.3 Å². The maximum absolute atomic E-state index is 13.6. The highest BCUT2D eigenvalue weighted by molar-refractivity contribution is 5.38. The van der Waals surface area contributed by atoms with Crippen molar-refractivity contribution in [2.24, 2.45) is 0 Å². The molecule has 0 spiro atoms. The van der Waals surface area contributed by atoms with Crippen molar-refractivity contribution in [1.82, 2.24) is 4.98 Å². The van der Waals surface area contributed by atoms with Crippen LogP contribution in [-0.4, -0.2) is 10.1 Å². The Morgan fingerprint density at radius 1 is 1.15 bits per heavy atom. The molecule has 0 bridgehead atoms. The van der Waals surface area contributed by atoms with Crippen LogP contribution in [0.15, 0.2) is 36.5 Å². The molecule has 0 radical (unpaired) electrons. The quantitative estimate of drug-likeness (QED) is 0.878. The third-order valence-corrected chi connectivity index (χ3v) is 2.47. The lowest BCUT2D eigenvalue weighted by Gasteiger charge is -2.11. The van der Waals surface area contributed by atoms with Gasteiger partial charge in [0.2, 0.25) is 0 Å². The summed E-state index contributed by atoms with van der Waals surface area (Å²) in [6.45, 7) is -0.457. The highest BCUT2D eigenvalue weighted by atomic mass is 19.4. The molecule has 0 fully saturated rings. The summed E-state index contributed by atoms with van der Waals surface area (Å²) in [5, 5.41) is 9.06. The van der Waals surface area contributed by atoms with Crippen molar-refractivity contribution in [3.8, 4) is 11.5 Å². The topological polar surface area (TPSA) is 42.4 Å². The van der Waals surface area contributed by atoms with Crippen molar-refractivity contribution in [2.45, 2.75) is 12.8 Å². The van der Waals surface area contributed by atoms with Gasteiger partial charge in [0.1, 0.15) is 11.4 Å². The zero-order valence-corrected chi connectivity index (χ0v) is 9.99. The summed E-state index contributed by atoms with van der Waals surface area (Å²) in [6, 6.07) is 5.71. The lowest BCUT2D eigenvalue weighted by molar-refractivity contribution is -0.141. The lowest BCUT2D eigenvalue weighted by atomic mass is 10.2. The molecule has 2 aromatic rings. The van der Waals surface area contributed by atoms with E-state index in [0.29, 0.717) is 0 Å². The number of hydrogen-bond acceptors (Lipinski definition) is 3. The van der Waals surface area contributed by atoms with Gasteiger partial charge in [-0.2, -0.15) is 13.2 Å². The van der Waals surface area contributed by atoms with Crippen molar-refractivity contribution in [2.75, 3.05) is 0 Å². The number of aliphatic hydroxyl groups is 1. The molecule has 1 aromatic carbocycles. The molecule has 0 aliphatic heterocycles. The Morgan fingerprint density at radius 3 is 2.45 bits per heavy atom. The van der Waals surface area contributed by atoms with Gasteiger partial charge in [-0.05, 0) is 18.2 Å². The number of aromatic nitrogens is 1. The fourth-order valence-corrected chi connectivity index (χ4v) is 1.52. The Hall–Kier alpha value is -2.15. The number of hydrogen-bond donors (Lipinski definition) is 1. The van der Waals surface area contributed by atoms with Crippen LogP contribution in [0.25, 0.3) is 0 Å². The first-order chi connectivity index (χ1) is 9.41. The van der Waals surface area contributed by atoms with Crippen LogP contribution < -0.4 is 4.74 Å². The first kappa shape index (κ1) is 14.3. The average molecular weight is 287 g/mol. The standard InChI is InChI=1S/C13H9F4NO2/c14-10-3-1-2-8(7-19)12(10)20-9-4-5-11(18-6-9)13(15,16)17/h1-6,19H,7H2. The zero-order valence-electron chi connectivity index (χ0n) is 9.99. The van der Waals surface area contributed by atoms with Crippen LogP contribution in [0.2, 0.25) is 0 Å². The molecule has 20 heavy (non-hydrogen) atoms. The molecule has 0 amide bonds. The van der Waals surface area contributed by atoms with E-state index >= 15 is 0 Å². The van der Waals surface area contributed by atoms with Crippen molar-refractivity contribution in [1.29, 1.82) is 0 Å². The predicted molar refractivity (Wildman–Crippen MR) is 61.6 cm³/mol. The zero-order chi connectivity index (χ0) is 14.8. The summed E-state index contributed by atoms with van der Waals surface area (Å²) in [5.41, 5.74) is -0.884. The Bertz CT molecular complexity index is 596. The van der Waals surface area contributed by atoms with E-state index in [4.69, 9.17) is 9.84 Å². The molecule has 2 rings (SSSR count). The molecule has 1 N–H and O–H groups in total. The van der Waals surface area contributed by atoms with Gasteiger partial charge in [0.05, 0.1) is 12.8 Å². The Morgan fingerprint density at radius 2 is 1.90 bits per heavy atom. The third kappa shape index (κ3) is 3.05. The maximum atomic E-state index is 13.6. The van der Waals surface area contributed by atoms with Gasteiger partial charge >= 0.3 is 6.18 Å². The van der Waals surface area contributed by atoms with Gasteiger partial charge in [-0.3, -0.25) is 0 Å². The van der Waals surface area contributed by atoms with Crippen LogP contribution in [0.5, 0.6) is 11.5 Å². The van der Waals surface area contributed by atoms with Crippen LogP contribution in [0.4, 0.5) is 17.6 Å². The van der Waals surface area contributed by atoms with Crippen molar-refractivity contribution < 1.29 is 27.4 Å². The van der Waals surface area contributed by atoms with Crippen molar-refractivity contribution in [3.05, 3.63) is 53.6 Å². The first-order valence-corrected chi connectivity index (χ1v) is 5.51. The van der Waals surface area contributed by atoms with E-state index in [1.54, 1.807) is 0 Å². The minimum atomic E-state index is -4.55. The van der Waals surface area contributed by atoms with Gasteiger partial charge in [-0.1, -0.05) is 12.1 Å². The molecule has 0 aliphatic carbocycles. The van der Waals surface area contributed by atoms with E-state index in [-0.39, 0.29) is 17.1 Å². The van der Waals surface area contributed by atoms with Crippen LogP contribution in [0, 0.1) is 5.82 Å². The highest BCUT2D eigenvalue weighted by Gasteiger charge is 2.32. The molecule has 1 heterocycles. The fourth-order valence-electron chi connectivity index (χ4n) is 1.52. The number of pyridine rings is 1. The number of para-hydroxylation sites is 1. The number of rotatable bonds is 3. The van der Waals surface area contributed by atoms with Crippen molar-refractivity contribution in [3.63, 3.8) is 0 Å². The minimum absolute atomic E-state index is 0.0576. The summed E-state index contributed by atoms with van der Waals surface area (Å²) >= 11 is 0. The molecule has 0 unspecified atom stereocenters. The first-order valence-electron chi connectivity index (χ1n) is 5.51. The van der Waals surface area contributed by atoms with Crippen LogP contribution in [0.3, 0.4) is 0 Å². The highest BCUT2D eigenvalue weighted by Crippen LogP contribution is 2.31. The normalized spacial score (nSPS) is 11.4. The lowest BCUT2D eigenvalue weighted by Crippen LogP contribution is -2.07. The van der Waals surface area contributed by atoms with E-state index in [9.17, 15) is 17.6 Å². The number of halogens is 4. The van der Waals surface area contributed by atoms with Gasteiger partial charge in [-0.25, -0.2) is 9.37 Å². The second-order valence-electron chi connectivity index (χ2n) is 3.87. The van der Waals surface area contributed by atoms with Gasteiger partial charge in [0, 0.05) is 5.56 Å². The SMILES string of the molecule is OCc1cccc(F)c1Oc1ccc(C(F)(F)F)nc1. The number of aliphatic hydroxyl groups excluding tert-OH is 1. The van der Waals surface area contributed by atoms with E-state index in [1.807, 2.05) is 0 Å². The molecule has 0 atom stereocenters. The number of alkyl halides is 3. The summed E-state index contributed by atoms with van der Waals surface area (Å²) < 4.78 is 55.7. The number of ether oxygens (including phenoxy) is 1. The van der Waals surface area contributed by atoms with Crippen molar-refractivity contribution >= 4 is 0 Å². The predicted octanol–water partition coefficient (Wildman–Crippen LogP) is 3.52. The Balaban J connectivity index is 2.27. The average Bonchev–Trinajstić information content (AvgIpc) is 2.40. The largest absolute Gasteiger partial charge is 0.452 e. The maximum Gasteiger partial charge on any atom is 0.433 e. The van der Waals surface area contributed by atoms with Crippen LogP contribution >= 0.6 is 0 Å². The molecular weight excluding hydrogens is 278 g/mol. The third-order valence-electron chi connectivity index (χ3n) is 2.47. The molecule has 106 valence electrons. The van der Waals surface area contributed by atoms with Gasteiger partial charge in [0.25, 0.3) is 0 Å². The van der Waals surface area contributed by atoms with E-state index in [1.165, 1.54) is 12.1 Å².